The van der Waals surface area contributed by atoms with Crippen LogP contribution in [0.1, 0.15) is 32.6 Å². The molecular weight excluding hydrogens is 352 g/mol. The van der Waals surface area contributed by atoms with E-state index in [4.69, 9.17) is 20.9 Å². The summed E-state index contributed by atoms with van der Waals surface area (Å²) in [4.78, 5) is 0. The van der Waals surface area contributed by atoms with Gasteiger partial charge in [-0.25, -0.2) is 0 Å². The summed E-state index contributed by atoms with van der Waals surface area (Å²) in [5.74, 6) is 0. The normalized spacial score (nSPS) is 10.9. The number of nitrogens with two attached hydrogens (primary N) is 2. The van der Waals surface area contributed by atoms with Gasteiger partial charge in [0.15, 0.2) is 0 Å². The van der Waals surface area contributed by atoms with Crippen LogP contribution in [0.3, 0.4) is 0 Å². The van der Waals surface area contributed by atoms with E-state index in [1.54, 1.807) is 0 Å². The molecule has 6 N–H and O–H groups in total. The van der Waals surface area contributed by atoms with E-state index in [1.807, 2.05) is 48.5 Å². The van der Waals surface area contributed by atoms with E-state index in [1.165, 1.54) is 0 Å². The van der Waals surface area contributed by atoms with Crippen LogP contribution in [0.15, 0.2) is 48.5 Å². The predicted molar refractivity (Wildman–Crippen MR) is 119 cm³/mol. The van der Waals surface area contributed by atoms with E-state index in [0.29, 0.717) is 6.61 Å². The van der Waals surface area contributed by atoms with Crippen LogP contribution in [0.4, 0.5) is 22.7 Å². The zero-order chi connectivity index (χ0) is 20.0. The second kappa shape index (κ2) is 12.9. The monoisotopic (exact) mass is 386 g/mol. The molecule has 2 rings (SSSR count). The molecule has 0 aliphatic heterocycles. The van der Waals surface area contributed by atoms with Gasteiger partial charge in [-0.05, 0) is 67.8 Å². The minimum Gasteiger partial charge on any atom is -0.399 e. The summed E-state index contributed by atoms with van der Waals surface area (Å²) in [6.45, 7) is 5.21. The molecule has 0 spiro atoms. The second-order valence-corrected chi connectivity index (χ2v) is 6.81. The largest absolute Gasteiger partial charge is 0.399 e. The van der Waals surface area contributed by atoms with Gasteiger partial charge in [0, 0.05) is 49.0 Å². The number of nitrogen functional groups attached to an aromatic ring is 2. The fraction of sp³-hybridized carbons (Fsp3) is 0.455. The topological polar surface area (TPSA) is 94.6 Å². The van der Waals surface area contributed by atoms with Crippen molar-refractivity contribution in [2.45, 2.75) is 38.8 Å². The van der Waals surface area contributed by atoms with Crippen LogP contribution in [0, 0.1) is 0 Å². The molecule has 0 heterocycles. The zero-order valence-electron chi connectivity index (χ0n) is 16.8. The van der Waals surface area contributed by atoms with E-state index in [-0.39, 0.29) is 6.17 Å². The first-order chi connectivity index (χ1) is 13.7. The summed E-state index contributed by atoms with van der Waals surface area (Å²) < 4.78 is 11.3. The highest BCUT2D eigenvalue weighted by molar-refractivity contribution is 5.55. The first kappa shape index (κ1) is 21.9. The number of hydrogen-bond donors (Lipinski definition) is 4. The van der Waals surface area contributed by atoms with Crippen molar-refractivity contribution in [1.82, 2.24) is 0 Å². The van der Waals surface area contributed by atoms with Crippen LogP contribution in [0.25, 0.3) is 0 Å². The van der Waals surface area contributed by atoms with E-state index in [0.717, 1.165) is 68.3 Å². The quantitative estimate of drug-likeness (QED) is 0.219. The molecule has 0 atom stereocenters. The average Bonchev–Trinajstić information content (AvgIpc) is 2.70. The summed E-state index contributed by atoms with van der Waals surface area (Å²) in [5, 5.41) is 6.99. The molecule has 0 amide bonds. The van der Waals surface area contributed by atoms with Gasteiger partial charge in [0.2, 0.25) is 0 Å². The maximum atomic E-state index is 5.81. The number of hydrogen-bond acceptors (Lipinski definition) is 6. The Hall–Kier alpha value is -2.44. The number of ether oxygens (including phenoxy) is 2. The molecule has 0 aliphatic carbocycles. The van der Waals surface area contributed by atoms with Crippen molar-refractivity contribution >= 4 is 22.7 Å². The lowest BCUT2D eigenvalue weighted by Crippen LogP contribution is -2.30. The van der Waals surface area contributed by atoms with Gasteiger partial charge in [0.25, 0.3) is 0 Å². The van der Waals surface area contributed by atoms with Crippen LogP contribution >= 0.6 is 0 Å². The Labute approximate surface area is 168 Å². The fourth-order valence-corrected chi connectivity index (χ4v) is 2.70. The SMILES string of the molecule is CCCOCCCCOCCC(Nc1ccc(N)cc1)Nc1ccc(N)cc1. The average molecular weight is 387 g/mol. The molecule has 0 radical (unpaired) electrons. The van der Waals surface area contributed by atoms with Crippen LogP contribution in [0.5, 0.6) is 0 Å². The van der Waals surface area contributed by atoms with Gasteiger partial charge in [-0.15, -0.1) is 0 Å². The molecule has 2 aromatic rings. The first-order valence-corrected chi connectivity index (χ1v) is 10.1. The highest BCUT2D eigenvalue weighted by Gasteiger charge is 2.09. The van der Waals surface area contributed by atoms with Crippen molar-refractivity contribution in [2.75, 3.05) is 48.5 Å². The highest BCUT2D eigenvalue weighted by Crippen LogP contribution is 2.16. The molecular formula is C22H34N4O2. The highest BCUT2D eigenvalue weighted by atomic mass is 16.5. The summed E-state index contributed by atoms with van der Waals surface area (Å²) in [6.07, 6.45) is 3.98. The zero-order valence-corrected chi connectivity index (χ0v) is 16.8. The number of unbranched alkanes of at least 4 members (excludes halogenated alkanes) is 1. The van der Waals surface area contributed by atoms with Crippen LogP contribution < -0.4 is 22.1 Å². The maximum Gasteiger partial charge on any atom is 0.0985 e. The van der Waals surface area contributed by atoms with Crippen molar-refractivity contribution in [3.63, 3.8) is 0 Å². The molecule has 154 valence electrons. The van der Waals surface area contributed by atoms with Crippen LogP contribution in [-0.4, -0.2) is 32.6 Å². The fourth-order valence-electron chi connectivity index (χ4n) is 2.70. The van der Waals surface area contributed by atoms with Crippen molar-refractivity contribution in [3.8, 4) is 0 Å². The minimum atomic E-state index is 0.0279. The molecule has 6 heteroatoms. The third-order valence-electron chi connectivity index (χ3n) is 4.23. The minimum absolute atomic E-state index is 0.0279. The Morgan fingerprint density at radius 2 is 1.18 bits per heavy atom. The van der Waals surface area contributed by atoms with Crippen molar-refractivity contribution in [2.24, 2.45) is 0 Å². The second-order valence-electron chi connectivity index (χ2n) is 6.81. The van der Waals surface area contributed by atoms with Crippen LogP contribution in [-0.2, 0) is 9.47 Å². The van der Waals surface area contributed by atoms with Gasteiger partial charge >= 0.3 is 0 Å². The lowest BCUT2D eigenvalue weighted by Gasteiger charge is -2.23. The molecule has 0 aromatic heterocycles. The maximum absolute atomic E-state index is 5.81. The summed E-state index contributed by atoms with van der Waals surface area (Å²) in [5.41, 5.74) is 15.1. The molecule has 6 nitrogen and oxygen atoms in total. The molecule has 0 unspecified atom stereocenters. The molecule has 0 bridgehead atoms. The van der Waals surface area contributed by atoms with Gasteiger partial charge in [0.05, 0.1) is 12.8 Å². The molecule has 0 saturated heterocycles. The van der Waals surface area contributed by atoms with E-state index in [9.17, 15) is 0 Å². The van der Waals surface area contributed by atoms with Gasteiger partial charge in [-0.2, -0.15) is 0 Å². The standard InChI is InChI=1S/C22H34N4O2/c1-2-14-27-15-3-4-16-28-17-13-22(25-20-9-5-18(23)6-10-20)26-21-11-7-19(24)8-12-21/h5-12,22,25-26H,2-4,13-17,23-24H2,1H3. The van der Waals surface area contributed by atoms with Gasteiger partial charge in [0.1, 0.15) is 0 Å². The van der Waals surface area contributed by atoms with Gasteiger partial charge < -0.3 is 31.6 Å². The first-order valence-electron chi connectivity index (χ1n) is 10.1. The van der Waals surface area contributed by atoms with E-state index < -0.39 is 0 Å². The molecule has 0 fully saturated rings. The molecule has 0 aliphatic rings. The van der Waals surface area contributed by atoms with Gasteiger partial charge in [-0.3, -0.25) is 0 Å². The number of rotatable bonds is 14. The Bertz CT molecular complexity index is 599. The van der Waals surface area contributed by atoms with Gasteiger partial charge in [-0.1, -0.05) is 6.92 Å². The predicted octanol–water partition coefficient (Wildman–Crippen LogP) is 4.31. The lowest BCUT2D eigenvalue weighted by atomic mass is 10.2. The number of anilines is 4. The lowest BCUT2D eigenvalue weighted by molar-refractivity contribution is 0.101. The Kier molecular flexibility index (Phi) is 10.0. The van der Waals surface area contributed by atoms with Crippen molar-refractivity contribution < 1.29 is 9.47 Å². The molecule has 0 saturated carbocycles. The summed E-state index contributed by atoms with van der Waals surface area (Å²) >= 11 is 0. The van der Waals surface area contributed by atoms with Crippen molar-refractivity contribution in [1.29, 1.82) is 0 Å². The third-order valence-corrected chi connectivity index (χ3v) is 4.23. The summed E-state index contributed by atoms with van der Waals surface area (Å²) in [7, 11) is 0. The summed E-state index contributed by atoms with van der Waals surface area (Å²) in [6, 6.07) is 15.5. The smallest absolute Gasteiger partial charge is 0.0985 e. The molecule has 2 aromatic carbocycles. The third kappa shape index (κ3) is 8.97. The van der Waals surface area contributed by atoms with E-state index >= 15 is 0 Å². The van der Waals surface area contributed by atoms with Crippen LogP contribution in [0.2, 0.25) is 0 Å². The number of nitrogens with one attached hydrogen (secondary N) is 2. The van der Waals surface area contributed by atoms with Crippen molar-refractivity contribution in [3.05, 3.63) is 48.5 Å². The number of benzene rings is 2. The van der Waals surface area contributed by atoms with E-state index in [2.05, 4.69) is 17.6 Å². The molecule has 28 heavy (non-hydrogen) atoms. The Morgan fingerprint density at radius 1 is 0.714 bits per heavy atom. The Morgan fingerprint density at radius 3 is 1.64 bits per heavy atom. The Balaban J connectivity index is 1.77.